The Morgan fingerprint density at radius 1 is 1.26 bits per heavy atom. The fraction of sp³-hybridized carbons (Fsp3) is 0.733. The SMILES string of the molecule is CCc1nn(CCOCCC(C)C)c(CC)c1C=O. The van der Waals surface area contributed by atoms with Crippen molar-refractivity contribution in [1.82, 2.24) is 9.78 Å². The quantitative estimate of drug-likeness (QED) is 0.510. The van der Waals surface area contributed by atoms with Gasteiger partial charge in [-0.15, -0.1) is 0 Å². The Bertz CT molecular complexity index is 397. The number of hydrogen-bond donors (Lipinski definition) is 0. The number of nitrogens with zero attached hydrogens (tertiary/aromatic N) is 2. The highest BCUT2D eigenvalue weighted by atomic mass is 16.5. The van der Waals surface area contributed by atoms with Gasteiger partial charge in [0.2, 0.25) is 0 Å². The van der Waals surface area contributed by atoms with Gasteiger partial charge >= 0.3 is 0 Å². The van der Waals surface area contributed by atoms with Gasteiger partial charge in [0, 0.05) is 12.3 Å². The average Bonchev–Trinajstić information content (AvgIpc) is 2.74. The van der Waals surface area contributed by atoms with Crippen LogP contribution in [0.25, 0.3) is 0 Å². The third-order valence-electron chi connectivity index (χ3n) is 3.25. The molecule has 19 heavy (non-hydrogen) atoms. The molecule has 0 saturated heterocycles. The molecule has 1 rings (SSSR count). The zero-order valence-corrected chi connectivity index (χ0v) is 12.6. The number of hydrogen-bond acceptors (Lipinski definition) is 3. The van der Waals surface area contributed by atoms with Crippen molar-refractivity contribution >= 4 is 6.29 Å². The van der Waals surface area contributed by atoms with Crippen LogP contribution in [0.2, 0.25) is 0 Å². The van der Waals surface area contributed by atoms with Gasteiger partial charge in [0.25, 0.3) is 0 Å². The number of aldehydes is 1. The highest BCUT2D eigenvalue weighted by molar-refractivity contribution is 5.78. The fourth-order valence-corrected chi connectivity index (χ4v) is 2.09. The van der Waals surface area contributed by atoms with Crippen molar-refractivity contribution in [3.63, 3.8) is 0 Å². The van der Waals surface area contributed by atoms with Crippen molar-refractivity contribution < 1.29 is 9.53 Å². The van der Waals surface area contributed by atoms with Crippen LogP contribution >= 0.6 is 0 Å². The van der Waals surface area contributed by atoms with Gasteiger partial charge in [-0.2, -0.15) is 5.10 Å². The molecule has 0 unspecified atom stereocenters. The topological polar surface area (TPSA) is 44.1 Å². The number of aryl methyl sites for hydroxylation is 1. The van der Waals surface area contributed by atoms with E-state index in [1.165, 1.54) is 0 Å². The first-order valence-electron chi connectivity index (χ1n) is 7.25. The minimum Gasteiger partial charge on any atom is -0.380 e. The Morgan fingerprint density at radius 2 is 2.00 bits per heavy atom. The lowest BCUT2D eigenvalue weighted by molar-refractivity contribution is 0.111. The first-order chi connectivity index (χ1) is 9.13. The maximum absolute atomic E-state index is 11.1. The lowest BCUT2D eigenvalue weighted by Gasteiger charge is -2.08. The summed E-state index contributed by atoms with van der Waals surface area (Å²) >= 11 is 0. The predicted molar refractivity (Wildman–Crippen MR) is 76.6 cm³/mol. The molecule has 0 N–H and O–H groups in total. The van der Waals surface area contributed by atoms with Crippen LogP contribution in [0, 0.1) is 5.92 Å². The van der Waals surface area contributed by atoms with Crippen molar-refractivity contribution in [3.8, 4) is 0 Å². The van der Waals surface area contributed by atoms with Crippen molar-refractivity contribution in [3.05, 3.63) is 17.0 Å². The molecule has 0 aliphatic heterocycles. The Labute approximate surface area is 116 Å². The Morgan fingerprint density at radius 3 is 2.53 bits per heavy atom. The zero-order valence-electron chi connectivity index (χ0n) is 12.6. The summed E-state index contributed by atoms with van der Waals surface area (Å²) in [4.78, 5) is 11.1. The van der Waals surface area contributed by atoms with Gasteiger partial charge in [-0.25, -0.2) is 0 Å². The zero-order chi connectivity index (χ0) is 14.3. The monoisotopic (exact) mass is 266 g/mol. The van der Waals surface area contributed by atoms with Crippen LogP contribution in [0.15, 0.2) is 0 Å². The van der Waals surface area contributed by atoms with Crippen LogP contribution in [-0.2, 0) is 24.1 Å². The van der Waals surface area contributed by atoms with E-state index in [0.29, 0.717) is 12.5 Å². The molecule has 0 aromatic carbocycles. The Hall–Kier alpha value is -1.16. The van der Waals surface area contributed by atoms with Gasteiger partial charge < -0.3 is 4.74 Å². The molecule has 0 fully saturated rings. The third kappa shape index (κ3) is 4.46. The predicted octanol–water partition coefficient (Wildman–Crippen LogP) is 2.88. The molecular formula is C15H26N2O2. The summed E-state index contributed by atoms with van der Waals surface area (Å²) in [5, 5.41) is 4.51. The summed E-state index contributed by atoms with van der Waals surface area (Å²) in [7, 11) is 0. The lowest BCUT2D eigenvalue weighted by atomic mass is 10.1. The van der Waals surface area contributed by atoms with Crippen LogP contribution in [0.1, 0.15) is 55.9 Å². The second kappa shape index (κ2) is 8.10. The maximum atomic E-state index is 11.1. The summed E-state index contributed by atoms with van der Waals surface area (Å²) in [6.07, 6.45) is 3.63. The lowest BCUT2D eigenvalue weighted by Crippen LogP contribution is -2.12. The van der Waals surface area contributed by atoms with Gasteiger partial charge in [0.05, 0.1) is 24.4 Å². The van der Waals surface area contributed by atoms with Crippen molar-refractivity contribution in [2.24, 2.45) is 5.92 Å². The van der Waals surface area contributed by atoms with Crippen LogP contribution in [0.5, 0.6) is 0 Å². The van der Waals surface area contributed by atoms with Gasteiger partial charge in [0.15, 0.2) is 6.29 Å². The summed E-state index contributed by atoms with van der Waals surface area (Å²) in [6, 6.07) is 0. The Kier molecular flexibility index (Phi) is 6.78. The second-order valence-corrected chi connectivity index (χ2v) is 5.15. The molecule has 108 valence electrons. The highest BCUT2D eigenvalue weighted by Gasteiger charge is 2.14. The minimum atomic E-state index is 0.656. The van der Waals surface area contributed by atoms with Crippen molar-refractivity contribution in [2.45, 2.75) is 53.5 Å². The largest absolute Gasteiger partial charge is 0.380 e. The van der Waals surface area contributed by atoms with Crippen molar-refractivity contribution in [2.75, 3.05) is 13.2 Å². The van der Waals surface area contributed by atoms with Crippen LogP contribution < -0.4 is 0 Å². The molecule has 0 radical (unpaired) electrons. The molecule has 0 amide bonds. The van der Waals surface area contributed by atoms with Crippen LogP contribution in [-0.4, -0.2) is 29.3 Å². The standard InChI is InChI=1S/C15H26N2O2/c1-5-14-13(11-18)15(6-2)17(16-14)8-10-19-9-7-12(3)4/h11-12H,5-10H2,1-4H3. The van der Waals surface area contributed by atoms with Gasteiger partial charge in [-0.05, 0) is 25.2 Å². The third-order valence-corrected chi connectivity index (χ3v) is 3.25. The first kappa shape index (κ1) is 15.9. The molecule has 4 nitrogen and oxygen atoms in total. The van der Waals surface area contributed by atoms with E-state index in [9.17, 15) is 4.79 Å². The van der Waals surface area contributed by atoms with E-state index in [4.69, 9.17) is 4.74 Å². The summed E-state index contributed by atoms with van der Waals surface area (Å²) in [5.74, 6) is 0.671. The van der Waals surface area contributed by atoms with Gasteiger partial charge in [0.1, 0.15) is 0 Å². The molecule has 0 atom stereocenters. The minimum absolute atomic E-state index is 0.656. The average molecular weight is 266 g/mol. The molecule has 0 bridgehead atoms. The summed E-state index contributed by atoms with van der Waals surface area (Å²) < 4.78 is 7.54. The molecule has 0 spiro atoms. The second-order valence-electron chi connectivity index (χ2n) is 5.15. The molecule has 1 heterocycles. The fourth-order valence-electron chi connectivity index (χ4n) is 2.09. The van der Waals surface area contributed by atoms with Crippen LogP contribution in [0.4, 0.5) is 0 Å². The van der Waals surface area contributed by atoms with E-state index in [0.717, 1.165) is 55.7 Å². The summed E-state index contributed by atoms with van der Waals surface area (Å²) in [5.41, 5.74) is 2.69. The molecule has 1 aromatic heterocycles. The maximum Gasteiger partial charge on any atom is 0.153 e. The number of carbonyl (C=O) groups is 1. The number of ether oxygens (including phenoxy) is 1. The van der Waals surface area contributed by atoms with Gasteiger partial charge in [-0.1, -0.05) is 27.7 Å². The van der Waals surface area contributed by atoms with E-state index < -0.39 is 0 Å². The first-order valence-corrected chi connectivity index (χ1v) is 7.25. The summed E-state index contributed by atoms with van der Waals surface area (Å²) in [6.45, 7) is 10.6. The van der Waals surface area contributed by atoms with E-state index in [-0.39, 0.29) is 0 Å². The van der Waals surface area contributed by atoms with E-state index in [1.807, 2.05) is 11.6 Å². The normalized spacial score (nSPS) is 11.2. The highest BCUT2D eigenvalue weighted by Crippen LogP contribution is 2.14. The molecule has 4 heteroatoms. The Balaban J connectivity index is 2.58. The van der Waals surface area contributed by atoms with Crippen LogP contribution in [0.3, 0.4) is 0 Å². The molecule has 0 aliphatic rings. The molecule has 1 aromatic rings. The number of aromatic nitrogens is 2. The van der Waals surface area contributed by atoms with E-state index in [1.54, 1.807) is 0 Å². The molecule has 0 saturated carbocycles. The number of carbonyl (C=O) groups excluding carboxylic acids is 1. The smallest absolute Gasteiger partial charge is 0.153 e. The molecule has 0 aliphatic carbocycles. The number of rotatable bonds is 9. The van der Waals surface area contributed by atoms with E-state index >= 15 is 0 Å². The van der Waals surface area contributed by atoms with Gasteiger partial charge in [-0.3, -0.25) is 9.48 Å². The van der Waals surface area contributed by atoms with Crippen molar-refractivity contribution in [1.29, 1.82) is 0 Å². The molecular weight excluding hydrogens is 240 g/mol. The van der Waals surface area contributed by atoms with E-state index in [2.05, 4.69) is 25.9 Å².